The van der Waals surface area contributed by atoms with Crippen molar-refractivity contribution >= 4 is 11.7 Å². The van der Waals surface area contributed by atoms with Crippen molar-refractivity contribution in [3.8, 4) is 0 Å². The van der Waals surface area contributed by atoms with E-state index in [1.807, 2.05) is 11.9 Å². The van der Waals surface area contributed by atoms with Crippen LogP contribution in [0.25, 0.3) is 0 Å². The highest BCUT2D eigenvalue weighted by Gasteiger charge is 2.06. The van der Waals surface area contributed by atoms with Gasteiger partial charge in [-0.2, -0.15) is 0 Å². The van der Waals surface area contributed by atoms with Crippen molar-refractivity contribution in [3.05, 3.63) is 18.1 Å². The van der Waals surface area contributed by atoms with Crippen molar-refractivity contribution in [2.24, 2.45) is 10.9 Å². The topological polar surface area (TPSA) is 108 Å². The second-order valence-corrected chi connectivity index (χ2v) is 3.80. The number of aromatic nitrogens is 2. The lowest BCUT2D eigenvalue weighted by molar-refractivity contribution is 0.187. The summed E-state index contributed by atoms with van der Waals surface area (Å²) in [4.78, 5) is 10.0. The van der Waals surface area contributed by atoms with Crippen LogP contribution in [0.3, 0.4) is 0 Å². The molecule has 17 heavy (non-hydrogen) atoms. The molecule has 1 aromatic rings. The van der Waals surface area contributed by atoms with Crippen molar-refractivity contribution in [3.63, 3.8) is 0 Å². The van der Waals surface area contributed by atoms with E-state index in [1.54, 1.807) is 6.92 Å². The highest BCUT2D eigenvalue weighted by molar-refractivity contribution is 5.94. The van der Waals surface area contributed by atoms with Crippen molar-refractivity contribution in [1.82, 2.24) is 9.97 Å². The molecule has 0 radical (unpaired) electrons. The predicted molar refractivity (Wildman–Crippen MR) is 64.1 cm³/mol. The quantitative estimate of drug-likeness (QED) is 0.284. The lowest BCUT2D eigenvalue weighted by Crippen LogP contribution is -2.23. The minimum absolute atomic E-state index is 0.0734. The second-order valence-electron chi connectivity index (χ2n) is 3.80. The number of anilines is 1. The van der Waals surface area contributed by atoms with Gasteiger partial charge in [-0.05, 0) is 13.3 Å². The number of hydrogen-bond donors (Lipinski definition) is 3. The van der Waals surface area contributed by atoms with Gasteiger partial charge < -0.3 is 20.9 Å². The van der Waals surface area contributed by atoms with Crippen molar-refractivity contribution in [2.75, 3.05) is 18.5 Å². The fraction of sp³-hybridized carbons (Fsp3) is 0.500. The predicted octanol–water partition coefficient (Wildman–Crippen LogP) is -0.222. The molecule has 0 amide bonds. The van der Waals surface area contributed by atoms with E-state index in [0.29, 0.717) is 24.5 Å². The molecule has 1 aromatic heterocycles. The van der Waals surface area contributed by atoms with Crippen LogP contribution in [-0.4, -0.2) is 45.8 Å². The molecule has 0 bridgehead atoms. The normalized spacial score (nSPS) is 13.5. The van der Waals surface area contributed by atoms with Gasteiger partial charge in [-0.15, -0.1) is 0 Å². The summed E-state index contributed by atoms with van der Waals surface area (Å²) in [5.41, 5.74) is 5.69. The summed E-state index contributed by atoms with van der Waals surface area (Å²) in [7, 11) is 1.86. The van der Waals surface area contributed by atoms with E-state index in [1.165, 1.54) is 12.4 Å². The number of rotatable bonds is 5. The van der Waals surface area contributed by atoms with Gasteiger partial charge in [-0.3, -0.25) is 0 Å². The fourth-order valence-corrected chi connectivity index (χ4v) is 1.20. The van der Waals surface area contributed by atoms with E-state index >= 15 is 0 Å². The Labute approximate surface area is 99.6 Å². The van der Waals surface area contributed by atoms with Gasteiger partial charge in [0.2, 0.25) is 0 Å². The molecule has 7 nitrogen and oxygen atoms in total. The number of hydrogen-bond acceptors (Lipinski definition) is 6. The molecular formula is C10H17N5O2. The molecular weight excluding hydrogens is 222 g/mol. The van der Waals surface area contributed by atoms with Crippen LogP contribution in [0.15, 0.2) is 17.5 Å². The van der Waals surface area contributed by atoms with Gasteiger partial charge in [0.25, 0.3) is 0 Å². The largest absolute Gasteiger partial charge is 0.409 e. The molecule has 0 aliphatic rings. The van der Waals surface area contributed by atoms with E-state index in [4.69, 9.17) is 10.9 Å². The molecule has 7 heteroatoms. The SMILES string of the molecule is CC(O)CCN(C)c1cnc(C(N)=NO)cn1. The first-order chi connectivity index (χ1) is 8.04. The van der Waals surface area contributed by atoms with Gasteiger partial charge in [0.15, 0.2) is 5.84 Å². The third-order valence-corrected chi connectivity index (χ3v) is 2.28. The summed E-state index contributed by atoms with van der Waals surface area (Å²) in [6.45, 7) is 2.41. The molecule has 0 saturated carbocycles. The summed E-state index contributed by atoms with van der Waals surface area (Å²) in [5, 5.41) is 20.5. The minimum atomic E-state index is -0.346. The monoisotopic (exact) mass is 239 g/mol. The van der Waals surface area contributed by atoms with Crippen LogP contribution in [0.2, 0.25) is 0 Å². The van der Waals surface area contributed by atoms with E-state index in [-0.39, 0.29) is 11.9 Å². The third-order valence-electron chi connectivity index (χ3n) is 2.28. The van der Waals surface area contributed by atoms with Crippen LogP contribution >= 0.6 is 0 Å². The Morgan fingerprint density at radius 2 is 2.24 bits per heavy atom. The van der Waals surface area contributed by atoms with Crippen molar-refractivity contribution < 1.29 is 10.3 Å². The van der Waals surface area contributed by atoms with Gasteiger partial charge in [0.05, 0.1) is 18.5 Å². The molecule has 1 rings (SSSR count). The van der Waals surface area contributed by atoms with Crippen LogP contribution in [0, 0.1) is 0 Å². The van der Waals surface area contributed by atoms with E-state index < -0.39 is 0 Å². The van der Waals surface area contributed by atoms with Gasteiger partial charge in [0.1, 0.15) is 11.5 Å². The molecule has 1 heterocycles. The third kappa shape index (κ3) is 3.87. The van der Waals surface area contributed by atoms with E-state index in [0.717, 1.165) is 0 Å². The number of aliphatic hydroxyl groups excluding tert-OH is 1. The average Bonchev–Trinajstić information content (AvgIpc) is 2.35. The lowest BCUT2D eigenvalue weighted by atomic mass is 10.3. The zero-order valence-corrected chi connectivity index (χ0v) is 9.91. The number of oxime groups is 1. The molecule has 0 aliphatic heterocycles. The number of nitrogens with two attached hydrogens (primary N) is 1. The average molecular weight is 239 g/mol. The van der Waals surface area contributed by atoms with E-state index in [9.17, 15) is 5.11 Å². The Balaban J connectivity index is 2.67. The minimum Gasteiger partial charge on any atom is -0.409 e. The molecule has 94 valence electrons. The summed E-state index contributed by atoms with van der Waals surface area (Å²) < 4.78 is 0. The molecule has 0 spiro atoms. The van der Waals surface area contributed by atoms with Crippen molar-refractivity contribution in [1.29, 1.82) is 0 Å². The maximum Gasteiger partial charge on any atom is 0.190 e. The Kier molecular flexibility index (Phi) is 4.65. The first kappa shape index (κ1) is 13.2. The molecule has 0 saturated heterocycles. The maximum absolute atomic E-state index is 9.17. The summed E-state index contributed by atoms with van der Waals surface area (Å²) >= 11 is 0. The molecule has 0 aliphatic carbocycles. The highest BCUT2D eigenvalue weighted by Crippen LogP contribution is 2.07. The Hall–Kier alpha value is -1.89. The van der Waals surface area contributed by atoms with Gasteiger partial charge in [-0.25, -0.2) is 9.97 Å². The fourth-order valence-electron chi connectivity index (χ4n) is 1.20. The Morgan fingerprint density at radius 1 is 1.53 bits per heavy atom. The number of nitrogens with zero attached hydrogens (tertiary/aromatic N) is 4. The van der Waals surface area contributed by atoms with Crippen LogP contribution in [0.1, 0.15) is 19.0 Å². The standard InChI is InChI=1S/C10H17N5O2/c1-7(16)3-4-15(2)9-6-12-8(5-13-9)10(11)14-17/h5-7,16-17H,3-4H2,1-2H3,(H2,11,14). The summed E-state index contributed by atoms with van der Waals surface area (Å²) in [6, 6.07) is 0. The van der Waals surface area contributed by atoms with Crippen LogP contribution in [0.4, 0.5) is 5.82 Å². The zero-order valence-electron chi connectivity index (χ0n) is 9.91. The van der Waals surface area contributed by atoms with Gasteiger partial charge >= 0.3 is 0 Å². The lowest BCUT2D eigenvalue weighted by Gasteiger charge is -2.18. The molecule has 0 aromatic carbocycles. The molecule has 1 atom stereocenters. The second kappa shape index (κ2) is 6.00. The smallest absolute Gasteiger partial charge is 0.190 e. The molecule has 4 N–H and O–H groups in total. The first-order valence-corrected chi connectivity index (χ1v) is 5.23. The Bertz CT molecular complexity index is 377. The number of aliphatic hydroxyl groups is 1. The van der Waals surface area contributed by atoms with Gasteiger partial charge in [-0.1, -0.05) is 5.16 Å². The zero-order chi connectivity index (χ0) is 12.8. The summed E-state index contributed by atoms with van der Waals surface area (Å²) in [5.74, 6) is 0.593. The van der Waals surface area contributed by atoms with Gasteiger partial charge in [0, 0.05) is 13.6 Å². The maximum atomic E-state index is 9.17. The molecule has 1 unspecified atom stereocenters. The van der Waals surface area contributed by atoms with Crippen molar-refractivity contribution in [2.45, 2.75) is 19.4 Å². The van der Waals surface area contributed by atoms with Crippen LogP contribution in [-0.2, 0) is 0 Å². The van der Waals surface area contributed by atoms with Crippen LogP contribution < -0.4 is 10.6 Å². The van der Waals surface area contributed by atoms with Crippen LogP contribution in [0.5, 0.6) is 0 Å². The highest BCUT2D eigenvalue weighted by atomic mass is 16.4. The molecule has 0 fully saturated rings. The Morgan fingerprint density at radius 3 is 2.71 bits per heavy atom. The first-order valence-electron chi connectivity index (χ1n) is 5.23. The number of amidine groups is 1. The summed E-state index contributed by atoms with van der Waals surface area (Å²) in [6.07, 6.45) is 3.28. The van der Waals surface area contributed by atoms with E-state index in [2.05, 4.69) is 15.1 Å².